The maximum Gasteiger partial charge on any atom is 0.213 e. The lowest BCUT2D eigenvalue weighted by molar-refractivity contribution is 0.883. The number of nitrogen functional groups attached to an aromatic ring is 1. The van der Waals surface area contributed by atoms with E-state index in [0.717, 1.165) is 10.2 Å². The molecule has 0 saturated heterocycles. The van der Waals surface area contributed by atoms with Gasteiger partial charge in [-0.25, -0.2) is 4.98 Å². The minimum Gasteiger partial charge on any atom is -0.382 e. The maximum absolute atomic E-state index is 8.82. The molecular formula is C11H7N5S. The summed E-state index contributed by atoms with van der Waals surface area (Å²) in [6.07, 6.45) is 1.45. The molecule has 17 heavy (non-hydrogen) atoms. The quantitative estimate of drug-likeness (QED) is 0.706. The van der Waals surface area contributed by atoms with Crippen molar-refractivity contribution in [2.75, 3.05) is 5.73 Å². The standard InChI is InChI=1S/C11H7N5S/c12-5-7-6-14-16(10(7)13)11-15-8-3-1-2-4-9(8)17-11/h1-4,6H,13H2. The van der Waals surface area contributed by atoms with Gasteiger partial charge in [0.25, 0.3) is 0 Å². The van der Waals surface area contributed by atoms with Crippen molar-refractivity contribution in [1.29, 1.82) is 5.26 Å². The number of nitriles is 1. The van der Waals surface area contributed by atoms with E-state index in [1.54, 1.807) is 0 Å². The first-order valence-electron chi connectivity index (χ1n) is 4.89. The van der Waals surface area contributed by atoms with Crippen molar-refractivity contribution in [3.05, 3.63) is 36.0 Å². The summed E-state index contributed by atoms with van der Waals surface area (Å²) in [6.45, 7) is 0. The molecule has 0 unspecified atom stereocenters. The number of rotatable bonds is 1. The second-order valence-electron chi connectivity index (χ2n) is 3.43. The first kappa shape index (κ1) is 9.81. The van der Waals surface area contributed by atoms with Gasteiger partial charge >= 0.3 is 0 Å². The van der Waals surface area contributed by atoms with E-state index < -0.39 is 0 Å². The van der Waals surface area contributed by atoms with E-state index in [2.05, 4.69) is 10.1 Å². The number of fused-ring (bicyclic) bond motifs is 1. The van der Waals surface area contributed by atoms with Gasteiger partial charge in [0, 0.05) is 0 Å². The summed E-state index contributed by atoms with van der Waals surface area (Å²) in [4.78, 5) is 4.42. The Hall–Kier alpha value is -2.39. The van der Waals surface area contributed by atoms with Crippen molar-refractivity contribution in [2.45, 2.75) is 0 Å². The number of thiazole rings is 1. The molecule has 3 aromatic rings. The van der Waals surface area contributed by atoms with Gasteiger partial charge in [-0.2, -0.15) is 15.0 Å². The number of hydrogen-bond donors (Lipinski definition) is 1. The van der Waals surface area contributed by atoms with Crippen molar-refractivity contribution in [2.24, 2.45) is 0 Å². The van der Waals surface area contributed by atoms with Crippen molar-refractivity contribution in [3.63, 3.8) is 0 Å². The Kier molecular flexibility index (Phi) is 2.06. The molecule has 0 spiro atoms. The summed E-state index contributed by atoms with van der Waals surface area (Å²) in [5.74, 6) is 0.326. The van der Waals surface area contributed by atoms with Gasteiger partial charge in [0.15, 0.2) is 0 Å². The van der Waals surface area contributed by atoms with Crippen LogP contribution in [0.15, 0.2) is 30.5 Å². The number of hydrogen-bond acceptors (Lipinski definition) is 5. The Balaban J connectivity index is 2.21. The molecule has 0 radical (unpaired) electrons. The van der Waals surface area contributed by atoms with E-state index in [1.165, 1.54) is 22.2 Å². The van der Waals surface area contributed by atoms with E-state index in [0.29, 0.717) is 16.5 Å². The first-order valence-corrected chi connectivity index (χ1v) is 5.71. The molecule has 0 fully saturated rings. The smallest absolute Gasteiger partial charge is 0.213 e. The van der Waals surface area contributed by atoms with Gasteiger partial charge in [-0.3, -0.25) is 0 Å². The van der Waals surface area contributed by atoms with Crippen LogP contribution in [0.25, 0.3) is 15.3 Å². The highest BCUT2D eigenvalue weighted by Gasteiger charge is 2.12. The molecule has 0 bridgehead atoms. The Bertz CT molecular complexity index is 701. The van der Waals surface area contributed by atoms with Crippen LogP contribution in [0.1, 0.15) is 5.56 Å². The normalized spacial score (nSPS) is 10.5. The zero-order valence-corrected chi connectivity index (χ0v) is 9.48. The maximum atomic E-state index is 8.82. The molecule has 2 aromatic heterocycles. The van der Waals surface area contributed by atoms with Gasteiger partial charge < -0.3 is 5.73 Å². The first-order chi connectivity index (χ1) is 8.29. The highest BCUT2D eigenvalue weighted by molar-refractivity contribution is 7.20. The summed E-state index contributed by atoms with van der Waals surface area (Å²) in [6, 6.07) is 9.79. The highest BCUT2D eigenvalue weighted by Crippen LogP contribution is 2.26. The van der Waals surface area contributed by atoms with Gasteiger partial charge in [0.05, 0.1) is 16.4 Å². The lowest BCUT2D eigenvalue weighted by Crippen LogP contribution is -2.01. The predicted octanol–water partition coefficient (Wildman–Crippen LogP) is 1.94. The Morgan fingerprint density at radius 3 is 2.88 bits per heavy atom. The van der Waals surface area contributed by atoms with Crippen LogP contribution in [0.3, 0.4) is 0 Å². The average Bonchev–Trinajstić information content (AvgIpc) is 2.91. The molecule has 82 valence electrons. The van der Waals surface area contributed by atoms with Gasteiger partial charge in [-0.15, -0.1) is 0 Å². The molecule has 6 heteroatoms. The summed E-state index contributed by atoms with van der Waals surface area (Å²) < 4.78 is 2.55. The summed E-state index contributed by atoms with van der Waals surface area (Å²) in [5, 5.41) is 13.6. The molecule has 5 nitrogen and oxygen atoms in total. The Labute approximate surface area is 101 Å². The van der Waals surface area contributed by atoms with Crippen molar-refractivity contribution in [3.8, 4) is 11.2 Å². The fourth-order valence-corrected chi connectivity index (χ4v) is 2.48. The Morgan fingerprint density at radius 1 is 1.35 bits per heavy atom. The number of nitrogens with zero attached hydrogens (tertiary/aromatic N) is 4. The third-order valence-electron chi connectivity index (χ3n) is 2.39. The van der Waals surface area contributed by atoms with Crippen LogP contribution in [0.5, 0.6) is 0 Å². The van der Waals surface area contributed by atoms with Gasteiger partial charge in [0.2, 0.25) is 5.13 Å². The summed E-state index contributed by atoms with van der Waals surface area (Å²) >= 11 is 1.49. The second kappa shape index (κ2) is 3.57. The molecule has 0 amide bonds. The van der Waals surface area contributed by atoms with Gasteiger partial charge in [-0.05, 0) is 12.1 Å². The molecule has 2 N–H and O–H groups in total. The van der Waals surface area contributed by atoms with Crippen LogP contribution in [0, 0.1) is 11.3 Å². The van der Waals surface area contributed by atoms with Gasteiger partial charge in [-0.1, -0.05) is 23.5 Å². The minimum absolute atomic E-state index is 0.326. The van der Waals surface area contributed by atoms with E-state index in [4.69, 9.17) is 11.0 Å². The van der Waals surface area contributed by atoms with E-state index in [9.17, 15) is 0 Å². The molecule has 2 heterocycles. The third-order valence-corrected chi connectivity index (χ3v) is 3.40. The van der Waals surface area contributed by atoms with Crippen LogP contribution in [-0.2, 0) is 0 Å². The van der Waals surface area contributed by atoms with Crippen molar-refractivity contribution >= 4 is 27.4 Å². The highest BCUT2D eigenvalue weighted by atomic mass is 32.1. The summed E-state index contributed by atoms with van der Waals surface area (Å²) in [7, 11) is 0. The molecule has 1 aromatic carbocycles. The molecule has 0 aliphatic carbocycles. The lowest BCUT2D eigenvalue weighted by atomic mass is 10.3. The molecular weight excluding hydrogens is 234 g/mol. The minimum atomic E-state index is 0.326. The topological polar surface area (TPSA) is 80.5 Å². The van der Waals surface area contributed by atoms with Crippen LogP contribution >= 0.6 is 11.3 Å². The van der Waals surface area contributed by atoms with Crippen molar-refractivity contribution < 1.29 is 0 Å². The fourth-order valence-electron chi connectivity index (χ4n) is 1.55. The number of anilines is 1. The molecule has 0 atom stereocenters. The third kappa shape index (κ3) is 1.45. The van der Waals surface area contributed by atoms with E-state index in [-0.39, 0.29) is 0 Å². The van der Waals surface area contributed by atoms with Crippen LogP contribution < -0.4 is 5.73 Å². The second-order valence-corrected chi connectivity index (χ2v) is 4.44. The number of para-hydroxylation sites is 1. The summed E-state index contributed by atoms with van der Waals surface area (Å²) in [5.41, 5.74) is 7.08. The Morgan fingerprint density at radius 2 is 2.18 bits per heavy atom. The van der Waals surface area contributed by atoms with E-state index >= 15 is 0 Å². The largest absolute Gasteiger partial charge is 0.382 e. The average molecular weight is 241 g/mol. The predicted molar refractivity (Wildman–Crippen MR) is 65.9 cm³/mol. The van der Waals surface area contributed by atoms with Crippen LogP contribution in [0.2, 0.25) is 0 Å². The monoisotopic (exact) mass is 241 g/mol. The fraction of sp³-hybridized carbons (Fsp3) is 0. The van der Waals surface area contributed by atoms with Crippen LogP contribution in [0.4, 0.5) is 5.82 Å². The zero-order chi connectivity index (χ0) is 11.8. The lowest BCUT2D eigenvalue weighted by Gasteiger charge is -1.96. The van der Waals surface area contributed by atoms with Gasteiger partial charge in [0.1, 0.15) is 17.5 Å². The van der Waals surface area contributed by atoms with E-state index in [1.807, 2.05) is 30.3 Å². The zero-order valence-electron chi connectivity index (χ0n) is 8.66. The van der Waals surface area contributed by atoms with Crippen molar-refractivity contribution in [1.82, 2.24) is 14.8 Å². The molecule has 3 rings (SSSR count). The SMILES string of the molecule is N#Cc1cnn(-c2nc3ccccc3s2)c1N. The number of benzene rings is 1. The molecule has 0 aliphatic heterocycles. The number of aromatic nitrogens is 3. The molecule has 0 saturated carbocycles. The van der Waals surface area contributed by atoms with Crippen LogP contribution in [-0.4, -0.2) is 14.8 Å². The number of nitrogens with two attached hydrogens (primary N) is 1. The molecule has 0 aliphatic rings.